The van der Waals surface area contributed by atoms with Crippen LogP contribution in [0.25, 0.3) is 0 Å². The van der Waals surface area contributed by atoms with Crippen LogP contribution in [0, 0.1) is 22.7 Å². The van der Waals surface area contributed by atoms with Crippen molar-refractivity contribution in [2.45, 2.75) is 39.5 Å². The molecule has 0 amide bonds. The molecule has 3 rings (SSSR count). The summed E-state index contributed by atoms with van der Waals surface area (Å²) in [4.78, 5) is 10.9. The Balaban J connectivity index is 2.22. The molecule has 86 valence electrons. The smallest absolute Gasteiger partial charge is 0.303 e. The fourth-order valence-electron chi connectivity index (χ4n) is 4.01. The molecular weight excluding hydrogens is 190 g/mol. The summed E-state index contributed by atoms with van der Waals surface area (Å²) in [6.07, 6.45) is 3.62. The van der Waals surface area contributed by atoms with Crippen LogP contribution in [0.1, 0.15) is 39.5 Å². The average Bonchev–Trinajstić information content (AvgIpc) is 2.16. The number of nitrogens with two attached hydrogens (primary N) is 1. The predicted octanol–water partition coefficient (Wildman–Crippen LogP) is 1.86. The highest BCUT2D eigenvalue weighted by Crippen LogP contribution is 2.66. The van der Waals surface area contributed by atoms with Crippen LogP contribution in [-0.4, -0.2) is 17.6 Å². The molecule has 3 atom stereocenters. The van der Waals surface area contributed by atoms with E-state index in [0.29, 0.717) is 17.9 Å². The number of carbonyl (C=O) groups is 1. The Bertz CT molecular complexity index is 285. The Hall–Kier alpha value is -0.570. The highest BCUT2D eigenvalue weighted by molar-refractivity contribution is 5.68. The van der Waals surface area contributed by atoms with Gasteiger partial charge in [0.1, 0.15) is 0 Å². The van der Waals surface area contributed by atoms with Crippen molar-refractivity contribution in [1.82, 2.24) is 0 Å². The van der Waals surface area contributed by atoms with E-state index in [4.69, 9.17) is 10.8 Å². The van der Waals surface area contributed by atoms with E-state index < -0.39 is 5.97 Å². The molecule has 0 heterocycles. The van der Waals surface area contributed by atoms with E-state index in [9.17, 15) is 4.79 Å². The van der Waals surface area contributed by atoms with Crippen LogP contribution < -0.4 is 5.73 Å². The van der Waals surface area contributed by atoms with E-state index in [1.54, 1.807) is 0 Å². The van der Waals surface area contributed by atoms with E-state index in [1.807, 2.05) is 0 Å². The van der Waals surface area contributed by atoms with Crippen LogP contribution in [-0.2, 0) is 4.79 Å². The summed E-state index contributed by atoms with van der Waals surface area (Å²) in [5.74, 6) is 0.627. The summed E-state index contributed by atoms with van der Waals surface area (Å²) in [5.41, 5.74) is 6.05. The van der Waals surface area contributed by atoms with E-state index >= 15 is 0 Å². The molecule has 3 aliphatic carbocycles. The maximum atomic E-state index is 10.9. The third-order valence-corrected chi connectivity index (χ3v) is 5.11. The van der Waals surface area contributed by atoms with Gasteiger partial charge in [-0.25, -0.2) is 0 Å². The van der Waals surface area contributed by atoms with Gasteiger partial charge in [0.2, 0.25) is 0 Å². The SMILES string of the molecule is CC1(C)C2CCC(CN)(CC(=O)O)C1C2. The Morgan fingerprint density at radius 1 is 1.53 bits per heavy atom. The summed E-state index contributed by atoms with van der Waals surface area (Å²) >= 11 is 0. The summed E-state index contributed by atoms with van der Waals surface area (Å²) in [6, 6.07) is 0. The molecule has 3 fully saturated rings. The third kappa shape index (κ3) is 1.40. The molecule has 15 heavy (non-hydrogen) atoms. The molecule has 3 heteroatoms. The molecule has 0 saturated heterocycles. The Morgan fingerprint density at radius 3 is 2.60 bits per heavy atom. The molecule has 0 radical (unpaired) electrons. The summed E-state index contributed by atoms with van der Waals surface area (Å²) in [6.45, 7) is 5.08. The minimum Gasteiger partial charge on any atom is -0.481 e. The first-order chi connectivity index (χ1) is 6.92. The number of fused-ring (bicyclic) bond motifs is 2. The second-order valence-corrected chi connectivity index (χ2v) is 5.98. The lowest BCUT2D eigenvalue weighted by Crippen LogP contribution is -2.60. The van der Waals surface area contributed by atoms with Gasteiger partial charge in [-0.15, -0.1) is 0 Å². The predicted molar refractivity (Wildman–Crippen MR) is 58.4 cm³/mol. The van der Waals surface area contributed by atoms with Gasteiger partial charge in [-0.05, 0) is 48.5 Å². The third-order valence-electron chi connectivity index (χ3n) is 5.11. The largest absolute Gasteiger partial charge is 0.481 e. The summed E-state index contributed by atoms with van der Waals surface area (Å²) in [7, 11) is 0. The van der Waals surface area contributed by atoms with Gasteiger partial charge in [-0.2, -0.15) is 0 Å². The second-order valence-electron chi connectivity index (χ2n) is 5.98. The van der Waals surface area contributed by atoms with Gasteiger partial charge in [0.15, 0.2) is 0 Å². The van der Waals surface area contributed by atoms with Crippen molar-refractivity contribution in [3.8, 4) is 0 Å². The zero-order valence-electron chi connectivity index (χ0n) is 9.62. The maximum absolute atomic E-state index is 10.9. The van der Waals surface area contributed by atoms with Crippen molar-refractivity contribution >= 4 is 5.97 Å². The zero-order valence-corrected chi connectivity index (χ0v) is 9.62. The van der Waals surface area contributed by atoms with Gasteiger partial charge < -0.3 is 10.8 Å². The van der Waals surface area contributed by atoms with E-state index in [2.05, 4.69) is 13.8 Å². The van der Waals surface area contributed by atoms with Gasteiger partial charge in [-0.3, -0.25) is 4.79 Å². The molecule has 3 N–H and O–H groups in total. The molecule has 3 nitrogen and oxygen atoms in total. The molecule has 0 aromatic rings. The highest BCUT2D eigenvalue weighted by atomic mass is 16.4. The second kappa shape index (κ2) is 3.21. The van der Waals surface area contributed by atoms with E-state index in [1.165, 1.54) is 6.42 Å². The van der Waals surface area contributed by atoms with Gasteiger partial charge in [-0.1, -0.05) is 13.8 Å². The number of hydrogen-bond acceptors (Lipinski definition) is 2. The first-order valence-electron chi connectivity index (χ1n) is 5.84. The minimum atomic E-state index is -0.693. The van der Waals surface area contributed by atoms with Crippen LogP contribution in [0.5, 0.6) is 0 Å². The molecule has 2 bridgehead atoms. The van der Waals surface area contributed by atoms with Crippen LogP contribution >= 0.6 is 0 Å². The summed E-state index contributed by atoms with van der Waals surface area (Å²) < 4.78 is 0. The average molecular weight is 211 g/mol. The molecule has 0 aliphatic heterocycles. The van der Waals surface area contributed by atoms with Crippen molar-refractivity contribution in [2.24, 2.45) is 28.4 Å². The standard InChI is InChI=1S/C12H21NO2/c1-11(2)8-3-4-12(7-13,6-10(14)15)9(11)5-8/h8-9H,3-7,13H2,1-2H3,(H,14,15). The number of carboxylic acid groups (broad SMARTS) is 1. The first-order valence-corrected chi connectivity index (χ1v) is 5.84. The number of aliphatic carboxylic acids is 1. The number of carboxylic acids is 1. The van der Waals surface area contributed by atoms with Crippen LogP contribution in [0.4, 0.5) is 0 Å². The molecule has 0 aromatic carbocycles. The van der Waals surface area contributed by atoms with Crippen molar-refractivity contribution in [3.05, 3.63) is 0 Å². The molecule has 0 spiro atoms. The van der Waals surface area contributed by atoms with E-state index in [0.717, 1.165) is 18.8 Å². The number of rotatable bonds is 3. The minimum absolute atomic E-state index is 0.121. The molecule has 3 unspecified atom stereocenters. The lowest BCUT2D eigenvalue weighted by atomic mass is 9.40. The van der Waals surface area contributed by atoms with Gasteiger partial charge in [0.05, 0.1) is 6.42 Å². The first kappa shape index (κ1) is 10.9. The zero-order chi connectivity index (χ0) is 11.3. The monoisotopic (exact) mass is 211 g/mol. The quantitative estimate of drug-likeness (QED) is 0.749. The Morgan fingerprint density at radius 2 is 2.20 bits per heavy atom. The van der Waals surface area contributed by atoms with Crippen molar-refractivity contribution < 1.29 is 9.90 Å². The van der Waals surface area contributed by atoms with Crippen molar-refractivity contribution in [1.29, 1.82) is 0 Å². The molecule has 3 saturated carbocycles. The van der Waals surface area contributed by atoms with Gasteiger partial charge >= 0.3 is 5.97 Å². The summed E-state index contributed by atoms with van der Waals surface area (Å²) in [5, 5.41) is 9.01. The normalized spacial score (nSPS) is 42.1. The Labute approximate surface area is 91.0 Å². The Kier molecular flexibility index (Phi) is 2.34. The highest BCUT2D eigenvalue weighted by Gasteiger charge is 2.60. The van der Waals surface area contributed by atoms with Crippen molar-refractivity contribution in [2.75, 3.05) is 6.54 Å². The lowest BCUT2D eigenvalue weighted by Gasteiger charge is -2.65. The molecular formula is C12H21NO2. The van der Waals surface area contributed by atoms with Crippen LogP contribution in [0.15, 0.2) is 0 Å². The van der Waals surface area contributed by atoms with Gasteiger partial charge in [0.25, 0.3) is 0 Å². The molecule has 3 aliphatic rings. The van der Waals surface area contributed by atoms with E-state index in [-0.39, 0.29) is 11.8 Å². The fraction of sp³-hybridized carbons (Fsp3) is 0.917. The van der Waals surface area contributed by atoms with Crippen molar-refractivity contribution in [3.63, 3.8) is 0 Å². The maximum Gasteiger partial charge on any atom is 0.303 e. The van der Waals surface area contributed by atoms with Crippen LogP contribution in [0.2, 0.25) is 0 Å². The van der Waals surface area contributed by atoms with Gasteiger partial charge in [0, 0.05) is 0 Å². The van der Waals surface area contributed by atoms with Crippen LogP contribution in [0.3, 0.4) is 0 Å². The molecule has 0 aromatic heterocycles. The lowest BCUT2D eigenvalue weighted by molar-refractivity contribution is -0.169. The number of hydrogen-bond donors (Lipinski definition) is 2. The fourth-order valence-corrected chi connectivity index (χ4v) is 4.01. The topological polar surface area (TPSA) is 63.3 Å².